The molecular formula is C12H26N2O. The first-order valence-corrected chi connectivity index (χ1v) is 6.22. The van der Waals surface area contributed by atoms with E-state index in [0.717, 1.165) is 32.0 Å². The summed E-state index contributed by atoms with van der Waals surface area (Å²) in [7, 11) is 2.20. The van der Waals surface area contributed by atoms with E-state index in [0.29, 0.717) is 6.10 Å². The van der Waals surface area contributed by atoms with E-state index in [1.807, 2.05) is 0 Å². The molecule has 3 nitrogen and oxygen atoms in total. The van der Waals surface area contributed by atoms with Crippen molar-refractivity contribution in [2.75, 3.05) is 33.3 Å². The van der Waals surface area contributed by atoms with Gasteiger partial charge in [-0.25, -0.2) is 0 Å². The molecule has 0 radical (unpaired) electrons. The molecule has 2 N–H and O–H groups in total. The van der Waals surface area contributed by atoms with E-state index in [2.05, 4.69) is 18.9 Å². The number of ether oxygens (including phenoxy) is 1. The van der Waals surface area contributed by atoms with Gasteiger partial charge in [-0.15, -0.1) is 0 Å². The van der Waals surface area contributed by atoms with Gasteiger partial charge in [0.05, 0.1) is 6.10 Å². The van der Waals surface area contributed by atoms with Gasteiger partial charge in [-0.05, 0) is 45.2 Å². The van der Waals surface area contributed by atoms with Crippen molar-refractivity contribution in [2.45, 2.75) is 38.7 Å². The highest BCUT2D eigenvalue weighted by molar-refractivity contribution is 4.70. The van der Waals surface area contributed by atoms with Gasteiger partial charge in [0.2, 0.25) is 0 Å². The van der Waals surface area contributed by atoms with Gasteiger partial charge in [-0.2, -0.15) is 0 Å². The molecule has 0 amide bonds. The minimum atomic E-state index is 0.483. The van der Waals surface area contributed by atoms with Gasteiger partial charge >= 0.3 is 0 Å². The number of rotatable bonds is 7. The second kappa shape index (κ2) is 7.20. The lowest BCUT2D eigenvalue weighted by Gasteiger charge is -2.23. The Bertz CT molecular complexity index is 158. The van der Waals surface area contributed by atoms with Crippen molar-refractivity contribution in [3.63, 3.8) is 0 Å². The lowest BCUT2D eigenvalue weighted by atomic mass is 10.1. The van der Waals surface area contributed by atoms with Crippen LogP contribution >= 0.6 is 0 Å². The molecule has 15 heavy (non-hydrogen) atoms. The Morgan fingerprint density at radius 1 is 1.53 bits per heavy atom. The Balaban J connectivity index is 2.08. The first kappa shape index (κ1) is 12.9. The van der Waals surface area contributed by atoms with Crippen molar-refractivity contribution in [1.29, 1.82) is 0 Å². The predicted molar refractivity (Wildman–Crippen MR) is 63.9 cm³/mol. The molecule has 3 heteroatoms. The molecular weight excluding hydrogens is 188 g/mol. The first-order chi connectivity index (χ1) is 7.22. The molecule has 2 atom stereocenters. The first-order valence-electron chi connectivity index (χ1n) is 6.22. The van der Waals surface area contributed by atoms with Crippen LogP contribution in [-0.4, -0.2) is 44.3 Å². The quantitative estimate of drug-likeness (QED) is 0.697. The van der Waals surface area contributed by atoms with Crippen LogP contribution in [0.15, 0.2) is 0 Å². The number of nitrogens with zero attached hydrogens (tertiary/aromatic N) is 1. The second-order valence-electron chi connectivity index (χ2n) is 4.89. The normalized spacial score (nSPS) is 23.6. The zero-order valence-electron chi connectivity index (χ0n) is 10.2. The molecule has 2 unspecified atom stereocenters. The molecule has 1 aliphatic rings. The third-order valence-electron chi connectivity index (χ3n) is 3.06. The fourth-order valence-corrected chi connectivity index (χ4v) is 2.30. The van der Waals surface area contributed by atoms with Crippen molar-refractivity contribution in [3.8, 4) is 0 Å². The van der Waals surface area contributed by atoms with Crippen molar-refractivity contribution in [3.05, 3.63) is 0 Å². The van der Waals surface area contributed by atoms with Crippen molar-refractivity contribution < 1.29 is 4.74 Å². The lowest BCUT2D eigenvalue weighted by molar-refractivity contribution is 0.0769. The average Bonchev–Trinajstić information content (AvgIpc) is 2.67. The highest BCUT2D eigenvalue weighted by atomic mass is 16.5. The van der Waals surface area contributed by atoms with Gasteiger partial charge in [0.25, 0.3) is 0 Å². The third-order valence-corrected chi connectivity index (χ3v) is 3.06. The Morgan fingerprint density at radius 3 is 2.93 bits per heavy atom. The van der Waals surface area contributed by atoms with Gasteiger partial charge in [0.15, 0.2) is 0 Å². The maximum absolute atomic E-state index is 5.62. The monoisotopic (exact) mass is 214 g/mol. The highest BCUT2D eigenvalue weighted by Gasteiger charge is 2.17. The molecule has 0 bridgehead atoms. The molecule has 0 aliphatic carbocycles. The van der Waals surface area contributed by atoms with E-state index in [9.17, 15) is 0 Å². The highest BCUT2D eigenvalue weighted by Crippen LogP contribution is 2.14. The van der Waals surface area contributed by atoms with Crippen LogP contribution in [0, 0.1) is 5.92 Å². The summed E-state index contributed by atoms with van der Waals surface area (Å²) in [6.07, 6.45) is 5.35. The van der Waals surface area contributed by atoms with E-state index < -0.39 is 0 Å². The number of likely N-dealkylation sites (N-methyl/N-ethyl adjacent to an activating group) is 1. The van der Waals surface area contributed by atoms with Gasteiger partial charge in [-0.1, -0.05) is 6.92 Å². The fraction of sp³-hybridized carbons (Fsp3) is 1.00. The number of hydrogen-bond acceptors (Lipinski definition) is 3. The largest absolute Gasteiger partial charge is 0.377 e. The fourth-order valence-electron chi connectivity index (χ4n) is 2.30. The summed E-state index contributed by atoms with van der Waals surface area (Å²) in [5.74, 6) is 0.750. The molecule has 1 saturated heterocycles. The summed E-state index contributed by atoms with van der Waals surface area (Å²) in [4.78, 5) is 2.40. The van der Waals surface area contributed by atoms with Crippen LogP contribution in [0.25, 0.3) is 0 Å². The molecule has 90 valence electrons. The third kappa shape index (κ3) is 5.50. The molecule has 0 spiro atoms. The summed E-state index contributed by atoms with van der Waals surface area (Å²) in [6, 6.07) is 0. The summed E-state index contributed by atoms with van der Waals surface area (Å²) in [6.45, 7) is 6.34. The van der Waals surface area contributed by atoms with Crippen LogP contribution in [0.5, 0.6) is 0 Å². The van der Waals surface area contributed by atoms with Crippen LogP contribution in [0.1, 0.15) is 32.6 Å². The topological polar surface area (TPSA) is 38.5 Å². The summed E-state index contributed by atoms with van der Waals surface area (Å²) in [5.41, 5.74) is 5.51. The van der Waals surface area contributed by atoms with Crippen molar-refractivity contribution in [2.24, 2.45) is 11.7 Å². The van der Waals surface area contributed by atoms with Crippen molar-refractivity contribution in [1.82, 2.24) is 4.90 Å². The molecule has 0 saturated carbocycles. The maximum Gasteiger partial charge on any atom is 0.0702 e. The second-order valence-corrected chi connectivity index (χ2v) is 4.89. The minimum Gasteiger partial charge on any atom is -0.377 e. The van der Waals surface area contributed by atoms with Gasteiger partial charge in [0, 0.05) is 19.7 Å². The standard InChI is InChI=1S/C12H26N2O/c1-11(5-3-7-13)9-14(2)10-12-6-4-8-15-12/h11-12H,3-10,13H2,1-2H3. The van der Waals surface area contributed by atoms with E-state index in [1.165, 1.54) is 25.8 Å². The van der Waals surface area contributed by atoms with Crippen LogP contribution < -0.4 is 5.73 Å². The Morgan fingerprint density at radius 2 is 2.33 bits per heavy atom. The number of nitrogens with two attached hydrogens (primary N) is 1. The van der Waals surface area contributed by atoms with Crippen LogP contribution in [0.4, 0.5) is 0 Å². The zero-order chi connectivity index (χ0) is 11.1. The SMILES string of the molecule is CC(CCCN)CN(C)CC1CCCO1. The van der Waals surface area contributed by atoms with E-state index in [1.54, 1.807) is 0 Å². The molecule has 1 heterocycles. The maximum atomic E-state index is 5.62. The summed E-state index contributed by atoms with van der Waals surface area (Å²) >= 11 is 0. The van der Waals surface area contributed by atoms with Gasteiger partial charge in [0.1, 0.15) is 0 Å². The van der Waals surface area contributed by atoms with Crippen LogP contribution in [0.2, 0.25) is 0 Å². The summed E-state index contributed by atoms with van der Waals surface area (Å²) in [5, 5.41) is 0. The Labute approximate surface area is 94.0 Å². The zero-order valence-corrected chi connectivity index (χ0v) is 10.2. The predicted octanol–water partition coefficient (Wildman–Crippen LogP) is 1.47. The molecule has 1 fully saturated rings. The average molecular weight is 214 g/mol. The summed E-state index contributed by atoms with van der Waals surface area (Å²) < 4.78 is 5.62. The van der Waals surface area contributed by atoms with Crippen LogP contribution in [0.3, 0.4) is 0 Å². The van der Waals surface area contributed by atoms with Gasteiger partial charge in [-0.3, -0.25) is 0 Å². The molecule has 0 aromatic rings. The Hall–Kier alpha value is -0.120. The molecule has 1 rings (SSSR count). The molecule has 1 aliphatic heterocycles. The van der Waals surface area contributed by atoms with E-state index in [4.69, 9.17) is 10.5 Å². The smallest absolute Gasteiger partial charge is 0.0702 e. The van der Waals surface area contributed by atoms with E-state index in [-0.39, 0.29) is 0 Å². The van der Waals surface area contributed by atoms with Crippen molar-refractivity contribution >= 4 is 0 Å². The van der Waals surface area contributed by atoms with E-state index >= 15 is 0 Å². The molecule has 0 aromatic carbocycles. The Kier molecular flexibility index (Phi) is 6.22. The van der Waals surface area contributed by atoms with Crippen LogP contribution in [-0.2, 0) is 4.74 Å². The lowest BCUT2D eigenvalue weighted by Crippen LogP contribution is -2.32. The molecule has 0 aromatic heterocycles. The number of hydrogen-bond donors (Lipinski definition) is 1. The minimum absolute atomic E-state index is 0.483. The van der Waals surface area contributed by atoms with Gasteiger partial charge < -0.3 is 15.4 Å².